The maximum Gasteiger partial charge on any atom is 0.273 e. The number of nitrogens with zero attached hydrogens (tertiary/aromatic N) is 3. The highest BCUT2D eigenvalue weighted by molar-refractivity contribution is 5.92. The van der Waals surface area contributed by atoms with Gasteiger partial charge in [-0.3, -0.25) is 14.8 Å². The Morgan fingerprint density at radius 3 is 2.70 bits per heavy atom. The number of hydrogen-bond donors (Lipinski definition) is 2. The van der Waals surface area contributed by atoms with Crippen molar-refractivity contribution in [2.24, 2.45) is 0 Å². The lowest BCUT2D eigenvalue weighted by atomic mass is 10.1. The molecule has 0 radical (unpaired) electrons. The van der Waals surface area contributed by atoms with E-state index < -0.39 is 0 Å². The van der Waals surface area contributed by atoms with Crippen molar-refractivity contribution in [3.05, 3.63) is 70.4 Å². The van der Waals surface area contributed by atoms with Gasteiger partial charge in [-0.2, -0.15) is 5.10 Å². The molecule has 1 amide bonds. The topological polar surface area (TPSA) is 87.0 Å². The average molecular weight is 367 g/mol. The third-order valence-corrected chi connectivity index (χ3v) is 4.45. The largest absolute Gasteiger partial charge is 0.359 e. The van der Waals surface area contributed by atoms with Gasteiger partial charge in [0.25, 0.3) is 5.91 Å². The third-order valence-electron chi connectivity index (χ3n) is 4.45. The first-order valence-electron chi connectivity index (χ1n) is 8.99. The van der Waals surface area contributed by atoms with E-state index in [0.717, 1.165) is 29.9 Å². The molecule has 142 valence electrons. The Hall–Kier alpha value is -2.93. The number of rotatable bonds is 8. The van der Waals surface area contributed by atoms with Gasteiger partial charge in [0.15, 0.2) is 11.5 Å². The molecule has 2 N–H and O–H groups in total. The number of nitrogens with one attached hydrogen (secondary N) is 2. The van der Waals surface area contributed by atoms with Crippen LogP contribution in [-0.2, 0) is 19.5 Å². The van der Waals surface area contributed by atoms with Crippen LogP contribution in [0.25, 0.3) is 0 Å². The molecule has 2 aromatic heterocycles. The van der Waals surface area contributed by atoms with Crippen molar-refractivity contribution < 1.29 is 9.32 Å². The second-order valence-electron chi connectivity index (χ2n) is 6.75. The Bertz CT molecular complexity index is 865. The van der Waals surface area contributed by atoms with E-state index in [4.69, 9.17) is 4.52 Å². The van der Waals surface area contributed by atoms with Crippen molar-refractivity contribution in [2.45, 2.75) is 33.4 Å². The first-order valence-corrected chi connectivity index (χ1v) is 8.99. The van der Waals surface area contributed by atoms with Crippen molar-refractivity contribution in [2.75, 3.05) is 13.6 Å². The second kappa shape index (κ2) is 8.64. The van der Waals surface area contributed by atoms with Crippen LogP contribution in [0.4, 0.5) is 0 Å². The van der Waals surface area contributed by atoms with Crippen molar-refractivity contribution in [3.63, 3.8) is 0 Å². The zero-order chi connectivity index (χ0) is 19.2. The van der Waals surface area contributed by atoms with Gasteiger partial charge in [0.1, 0.15) is 0 Å². The molecule has 0 bridgehead atoms. The molecule has 27 heavy (non-hydrogen) atoms. The molecule has 0 aliphatic rings. The number of aromatic amines is 1. The Morgan fingerprint density at radius 1 is 1.22 bits per heavy atom. The van der Waals surface area contributed by atoms with Crippen LogP contribution in [0.1, 0.15) is 38.8 Å². The van der Waals surface area contributed by atoms with Gasteiger partial charge in [0, 0.05) is 24.8 Å². The highest BCUT2D eigenvalue weighted by Gasteiger charge is 2.14. The Morgan fingerprint density at radius 2 is 2.00 bits per heavy atom. The maximum absolute atomic E-state index is 12.3. The third kappa shape index (κ3) is 5.04. The molecule has 1 aromatic carbocycles. The molecule has 2 heterocycles. The Labute approximate surface area is 158 Å². The van der Waals surface area contributed by atoms with Gasteiger partial charge in [-0.05, 0) is 38.4 Å². The minimum absolute atomic E-state index is 0.227. The van der Waals surface area contributed by atoms with Gasteiger partial charge < -0.3 is 9.84 Å². The van der Waals surface area contributed by atoms with Gasteiger partial charge >= 0.3 is 0 Å². The summed E-state index contributed by atoms with van der Waals surface area (Å²) in [6.07, 6.45) is 0.727. The van der Waals surface area contributed by atoms with Crippen LogP contribution in [0.2, 0.25) is 0 Å². The molecular formula is C20H25N5O2. The number of benzene rings is 1. The number of amides is 1. The Balaban J connectivity index is 1.48. The van der Waals surface area contributed by atoms with E-state index in [1.807, 2.05) is 39.1 Å². The SMILES string of the molecule is Cc1n[nH]c(C)c1CCNC(=O)c1cc(CN(C)Cc2ccccc2)on1. The smallest absolute Gasteiger partial charge is 0.273 e. The lowest BCUT2D eigenvalue weighted by Crippen LogP contribution is -2.26. The highest BCUT2D eigenvalue weighted by atomic mass is 16.5. The second-order valence-corrected chi connectivity index (χ2v) is 6.75. The molecule has 0 atom stereocenters. The van der Waals surface area contributed by atoms with Gasteiger partial charge in [0.2, 0.25) is 0 Å². The fourth-order valence-corrected chi connectivity index (χ4v) is 3.05. The molecule has 0 aliphatic carbocycles. The maximum atomic E-state index is 12.3. The summed E-state index contributed by atoms with van der Waals surface area (Å²) in [4.78, 5) is 14.4. The summed E-state index contributed by atoms with van der Waals surface area (Å²) in [7, 11) is 2.00. The van der Waals surface area contributed by atoms with E-state index in [9.17, 15) is 4.79 Å². The zero-order valence-corrected chi connectivity index (χ0v) is 16.0. The predicted molar refractivity (Wildman–Crippen MR) is 102 cm³/mol. The minimum Gasteiger partial charge on any atom is -0.359 e. The summed E-state index contributed by atoms with van der Waals surface area (Å²) in [5, 5.41) is 13.9. The van der Waals surface area contributed by atoms with E-state index in [0.29, 0.717) is 24.5 Å². The summed E-state index contributed by atoms with van der Waals surface area (Å²) in [6, 6.07) is 11.9. The van der Waals surface area contributed by atoms with E-state index >= 15 is 0 Å². The van der Waals surface area contributed by atoms with Gasteiger partial charge in [-0.25, -0.2) is 0 Å². The molecule has 3 rings (SSSR count). The monoisotopic (exact) mass is 367 g/mol. The number of carbonyl (C=O) groups is 1. The molecule has 0 fully saturated rings. The van der Waals surface area contributed by atoms with E-state index in [2.05, 4.69) is 37.7 Å². The molecule has 0 saturated heterocycles. The van der Waals surface area contributed by atoms with Crippen LogP contribution >= 0.6 is 0 Å². The number of H-pyrrole nitrogens is 1. The molecule has 0 aliphatic heterocycles. The summed E-state index contributed by atoms with van der Waals surface area (Å²) >= 11 is 0. The predicted octanol–water partition coefficient (Wildman–Crippen LogP) is 2.62. The van der Waals surface area contributed by atoms with E-state index in [-0.39, 0.29) is 5.91 Å². The van der Waals surface area contributed by atoms with Crippen LogP contribution in [0.15, 0.2) is 40.9 Å². The Kier molecular flexibility index (Phi) is 6.03. The fraction of sp³-hybridized carbons (Fsp3) is 0.350. The van der Waals surface area contributed by atoms with Crippen molar-refractivity contribution in [3.8, 4) is 0 Å². The van der Waals surface area contributed by atoms with Crippen LogP contribution in [0.5, 0.6) is 0 Å². The number of aryl methyl sites for hydroxylation is 2. The summed E-state index contributed by atoms with van der Waals surface area (Å²) in [5.74, 6) is 0.439. The molecular weight excluding hydrogens is 342 g/mol. The van der Waals surface area contributed by atoms with Gasteiger partial charge in [-0.1, -0.05) is 35.5 Å². The van der Waals surface area contributed by atoms with E-state index in [1.165, 1.54) is 5.56 Å². The standard InChI is InChI=1S/C20H25N5O2/c1-14-18(15(2)23-22-14)9-10-21-20(26)19-11-17(27-24-19)13-25(3)12-16-7-5-4-6-8-16/h4-8,11H,9-10,12-13H2,1-3H3,(H,21,26)(H,22,23). The molecule has 7 nitrogen and oxygen atoms in total. The molecule has 0 saturated carbocycles. The van der Waals surface area contributed by atoms with Gasteiger partial charge in [0.05, 0.1) is 12.2 Å². The van der Waals surface area contributed by atoms with E-state index in [1.54, 1.807) is 6.07 Å². The number of hydrogen-bond acceptors (Lipinski definition) is 5. The van der Waals surface area contributed by atoms with Crippen molar-refractivity contribution in [1.82, 2.24) is 25.6 Å². The summed E-state index contributed by atoms with van der Waals surface area (Å²) in [5.41, 5.74) is 4.67. The molecule has 0 unspecified atom stereocenters. The van der Waals surface area contributed by atoms with Crippen LogP contribution < -0.4 is 5.32 Å². The quantitative estimate of drug-likeness (QED) is 0.639. The fourth-order valence-electron chi connectivity index (χ4n) is 3.05. The molecule has 0 spiro atoms. The van der Waals surface area contributed by atoms with Crippen molar-refractivity contribution >= 4 is 5.91 Å². The normalized spacial score (nSPS) is 11.1. The van der Waals surface area contributed by atoms with Crippen LogP contribution in [0, 0.1) is 13.8 Å². The summed E-state index contributed by atoms with van der Waals surface area (Å²) in [6.45, 7) is 5.84. The average Bonchev–Trinajstić information content (AvgIpc) is 3.24. The summed E-state index contributed by atoms with van der Waals surface area (Å²) < 4.78 is 5.32. The van der Waals surface area contributed by atoms with Gasteiger partial charge in [-0.15, -0.1) is 0 Å². The number of carbonyl (C=O) groups excluding carboxylic acids is 1. The lowest BCUT2D eigenvalue weighted by molar-refractivity contribution is 0.0945. The lowest BCUT2D eigenvalue weighted by Gasteiger charge is -2.14. The molecule has 3 aromatic rings. The highest BCUT2D eigenvalue weighted by Crippen LogP contribution is 2.11. The van der Waals surface area contributed by atoms with Crippen LogP contribution in [-0.4, -0.2) is 39.8 Å². The first kappa shape index (κ1) is 18.8. The van der Waals surface area contributed by atoms with Crippen LogP contribution in [0.3, 0.4) is 0 Å². The molecule has 7 heteroatoms. The zero-order valence-electron chi connectivity index (χ0n) is 16.0. The van der Waals surface area contributed by atoms with Crippen molar-refractivity contribution in [1.29, 1.82) is 0 Å². The minimum atomic E-state index is -0.227. The first-order chi connectivity index (χ1) is 13.0. The number of aromatic nitrogens is 3.